The molecule has 0 spiro atoms. The van der Waals surface area contributed by atoms with Crippen molar-refractivity contribution in [3.05, 3.63) is 58.6 Å². The number of amides is 1. The van der Waals surface area contributed by atoms with Crippen LogP contribution in [0.1, 0.15) is 18.4 Å². The van der Waals surface area contributed by atoms with Gasteiger partial charge in [0.15, 0.2) is 0 Å². The molecule has 0 aliphatic carbocycles. The smallest absolute Gasteiger partial charge is 0.248 e. The van der Waals surface area contributed by atoms with Crippen LogP contribution in [0.4, 0.5) is 5.69 Å². The average Bonchev–Trinajstić information content (AvgIpc) is 2.74. The number of halogens is 1. The molecule has 2 heterocycles. The van der Waals surface area contributed by atoms with Gasteiger partial charge in [0, 0.05) is 27.3 Å². The molecule has 0 saturated carbocycles. The van der Waals surface area contributed by atoms with E-state index in [4.69, 9.17) is 5.10 Å². The van der Waals surface area contributed by atoms with E-state index >= 15 is 0 Å². The van der Waals surface area contributed by atoms with Crippen LogP contribution in [0.3, 0.4) is 0 Å². The zero-order valence-electron chi connectivity index (χ0n) is 12.4. The summed E-state index contributed by atoms with van der Waals surface area (Å²) in [7, 11) is 0. The Bertz CT molecular complexity index is 788. The largest absolute Gasteiger partial charge is 0.273 e. The van der Waals surface area contributed by atoms with Gasteiger partial charge in [-0.1, -0.05) is 34.1 Å². The van der Waals surface area contributed by atoms with Crippen molar-refractivity contribution in [2.45, 2.75) is 17.7 Å². The number of carbonyl (C=O) groups is 1. The molecule has 1 amide bonds. The number of nitrogens with zero attached hydrogens (tertiary/aromatic N) is 2. The molecule has 2 aliphatic rings. The standard InChI is InChI=1S/C18H15BrN2OS/c19-13-5-7-14(8-6-13)21-17(22)11-12-9-10-23-16-4-2-1-3-15(16)18(12)20-21/h1-8,12H,9-11H2. The molecule has 116 valence electrons. The minimum atomic E-state index is 0.0745. The molecule has 0 saturated heterocycles. The Morgan fingerprint density at radius 2 is 1.91 bits per heavy atom. The third-order valence-electron chi connectivity index (χ3n) is 4.21. The van der Waals surface area contributed by atoms with Gasteiger partial charge in [0.25, 0.3) is 0 Å². The second kappa shape index (κ2) is 6.13. The van der Waals surface area contributed by atoms with Crippen molar-refractivity contribution in [3.8, 4) is 0 Å². The first-order valence-corrected chi connectivity index (χ1v) is 9.39. The fourth-order valence-electron chi connectivity index (χ4n) is 3.05. The molecule has 0 N–H and O–H groups in total. The van der Waals surface area contributed by atoms with Gasteiger partial charge in [-0.3, -0.25) is 4.79 Å². The maximum atomic E-state index is 12.6. The molecular weight excluding hydrogens is 372 g/mol. The fraction of sp³-hybridized carbons (Fsp3) is 0.222. The second-order valence-corrected chi connectivity index (χ2v) is 7.75. The summed E-state index contributed by atoms with van der Waals surface area (Å²) >= 11 is 5.29. The van der Waals surface area contributed by atoms with Crippen LogP contribution in [0.15, 0.2) is 63.0 Å². The molecule has 4 rings (SSSR count). The third-order valence-corrected chi connectivity index (χ3v) is 5.85. The van der Waals surface area contributed by atoms with E-state index in [0.29, 0.717) is 6.42 Å². The Balaban J connectivity index is 1.81. The van der Waals surface area contributed by atoms with Gasteiger partial charge in [-0.2, -0.15) is 5.10 Å². The van der Waals surface area contributed by atoms with E-state index in [1.165, 1.54) is 10.5 Å². The summed E-state index contributed by atoms with van der Waals surface area (Å²) in [6, 6.07) is 16.1. The van der Waals surface area contributed by atoms with Crippen LogP contribution in [0.2, 0.25) is 0 Å². The van der Waals surface area contributed by atoms with Gasteiger partial charge in [-0.15, -0.1) is 11.8 Å². The Morgan fingerprint density at radius 1 is 1.13 bits per heavy atom. The van der Waals surface area contributed by atoms with Crippen molar-refractivity contribution in [1.82, 2.24) is 0 Å². The molecule has 5 heteroatoms. The summed E-state index contributed by atoms with van der Waals surface area (Å²) in [4.78, 5) is 13.8. The van der Waals surface area contributed by atoms with Gasteiger partial charge in [0.1, 0.15) is 0 Å². The van der Waals surface area contributed by atoms with Crippen LogP contribution in [0, 0.1) is 5.92 Å². The Labute approximate surface area is 147 Å². The SMILES string of the molecule is O=C1CC2CCSc3ccccc3C2=NN1c1ccc(Br)cc1. The highest BCUT2D eigenvalue weighted by Crippen LogP contribution is 2.36. The highest BCUT2D eigenvalue weighted by Gasteiger charge is 2.33. The molecule has 2 aromatic carbocycles. The first kappa shape index (κ1) is 15.0. The number of rotatable bonds is 1. The molecular formula is C18H15BrN2OS. The number of fused-ring (bicyclic) bond motifs is 3. The maximum absolute atomic E-state index is 12.6. The maximum Gasteiger partial charge on any atom is 0.248 e. The van der Waals surface area contributed by atoms with Crippen molar-refractivity contribution in [2.24, 2.45) is 11.0 Å². The van der Waals surface area contributed by atoms with Crippen molar-refractivity contribution in [2.75, 3.05) is 10.8 Å². The molecule has 1 atom stereocenters. The highest BCUT2D eigenvalue weighted by atomic mass is 79.9. The van der Waals surface area contributed by atoms with Crippen LogP contribution >= 0.6 is 27.7 Å². The van der Waals surface area contributed by atoms with Crippen molar-refractivity contribution < 1.29 is 4.79 Å². The molecule has 1 unspecified atom stereocenters. The minimum absolute atomic E-state index is 0.0745. The average molecular weight is 387 g/mol. The van der Waals surface area contributed by atoms with Crippen molar-refractivity contribution >= 4 is 45.0 Å². The van der Waals surface area contributed by atoms with Gasteiger partial charge in [0.2, 0.25) is 5.91 Å². The van der Waals surface area contributed by atoms with Crippen molar-refractivity contribution in [1.29, 1.82) is 0 Å². The zero-order valence-corrected chi connectivity index (χ0v) is 14.8. The number of hydrazone groups is 1. The van der Waals surface area contributed by atoms with Crippen LogP contribution < -0.4 is 5.01 Å². The van der Waals surface area contributed by atoms with Crippen LogP contribution in [-0.4, -0.2) is 17.4 Å². The monoisotopic (exact) mass is 386 g/mol. The molecule has 3 nitrogen and oxygen atoms in total. The molecule has 2 aromatic rings. The fourth-order valence-corrected chi connectivity index (χ4v) is 4.44. The van der Waals surface area contributed by atoms with E-state index in [2.05, 4.69) is 34.1 Å². The van der Waals surface area contributed by atoms with E-state index in [0.717, 1.165) is 28.0 Å². The number of carbonyl (C=O) groups excluding carboxylic acids is 1. The Kier molecular flexibility index (Phi) is 3.99. The van der Waals surface area contributed by atoms with Gasteiger partial charge >= 0.3 is 0 Å². The molecule has 0 fully saturated rings. The van der Waals surface area contributed by atoms with Gasteiger partial charge in [-0.25, -0.2) is 5.01 Å². The second-order valence-electron chi connectivity index (χ2n) is 5.70. The van der Waals surface area contributed by atoms with Crippen molar-refractivity contribution in [3.63, 3.8) is 0 Å². The molecule has 2 aliphatic heterocycles. The highest BCUT2D eigenvalue weighted by molar-refractivity contribution is 9.10. The lowest BCUT2D eigenvalue weighted by Gasteiger charge is -2.28. The molecule has 23 heavy (non-hydrogen) atoms. The molecule has 0 aromatic heterocycles. The van der Waals surface area contributed by atoms with Gasteiger partial charge < -0.3 is 0 Å². The summed E-state index contributed by atoms with van der Waals surface area (Å²) in [5, 5.41) is 6.32. The number of benzene rings is 2. The number of hydrogen-bond acceptors (Lipinski definition) is 3. The predicted octanol–water partition coefficient (Wildman–Crippen LogP) is 4.70. The summed E-state index contributed by atoms with van der Waals surface area (Å²) < 4.78 is 0.993. The number of hydrogen-bond donors (Lipinski definition) is 0. The summed E-state index contributed by atoms with van der Waals surface area (Å²) in [5.74, 6) is 1.34. The topological polar surface area (TPSA) is 32.7 Å². The summed E-state index contributed by atoms with van der Waals surface area (Å²) in [5.41, 5.74) is 3.04. The Hall–Kier alpha value is -1.59. The lowest BCUT2D eigenvalue weighted by atomic mass is 9.90. The quantitative estimate of drug-likeness (QED) is 0.711. The van der Waals surface area contributed by atoms with Crippen LogP contribution in [0.25, 0.3) is 0 Å². The van der Waals surface area contributed by atoms with E-state index < -0.39 is 0 Å². The number of thioether (sulfide) groups is 1. The van der Waals surface area contributed by atoms with E-state index in [1.54, 1.807) is 5.01 Å². The summed E-state index contributed by atoms with van der Waals surface area (Å²) in [6.45, 7) is 0. The lowest BCUT2D eigenvalue weighted by molar-refractivity contribution is -0.119. The lowest BCUT2D eigenvalue weighted by Crippen LogP contribution is -2.37. The van der Waals surface area contributed by atoms with E-state index in [-0.39, 0.29) is 11.8 Å². The molecule has 0 radical (unpaired) electrons. The van der Waals surface area contributed by atoms with Gasteiger partial charge in [-0.05, 0) is 42.5 Å². The normalized spacial score (nSPS) is 20.4. The van der Waals surface area contributed by atoms with E-state index in [9.17, 15) is 4.79 Å². The van der Waals surface area contributed by atoms with Crippen LogP contribution in [0.5, 0.6) is 0 Å². The first-order chi connectivity index (χ1) is 11.2. The zero-order chi connectivity index (χ0) is 15.8. The Morgan fingerprint density at radius 3 is 2.74 bits per heavy atom. The van der Waals surface area contributed by atoms with Gasteiger partial charge in [0.05, 0.1) is 11.4 Å². The number of anilines is 1. The minimum Gasteiger partial charge on any atom is -0.273 e. The third kappa shape index (κ3) is 2.83. The predicted molar refractivity (Wildman–Crippen MR) is 98.1 cm³/mol. The van der Waals surface area contributed by atoms with Crippen LogP contribution in [-0.2, 0) is 4.79 Å². The molecule has 0 bridgehead atoms. The summed E-state index contributed by atoms with van der Waals surface area (Å²) in [6.07, 6.45) is 1.53. The first-order valence-electron chi connectivity index (χ1n) is 7.61. The van der Waals surface area contributed by atoms with E-state index in [1.807, 2.05) is 42.1 Å².